The van der Waals surface area contributed by atoms with Gasteiger partial charge in [-0.2, -0.15) is 0 Å². The van der Waals surface area contributed by atoms with Crippen LogP contribution in [0, 0.1) is 27.2 Å². The van der Waals surface area contributed by atoms with Crippen molar-refractivity contribution in [2.75, 3.05) is 14.2 Å². The summed E-state index contributed by atoms with van der Waals surface area (Å²) in [4.78, 5) is 20.0. The number of nitrogens with zero attached hydrogens (tertiary/aromatic N) is 2. The standard InChI is InChI=1S/C11H12N2O6/c1-7-8(4-5-12(14)15)9(13(16)17)6-10(18-2)11(7)19-3/h4-6H,1-3H3. The summed E-state index contributed by atoms with van der Waals surface area (Å²) in [7, 11) is 2.74. The lowest BCUT2D eigenvalue weighted by molar-refractivity contribution is -0.401. The zero-order valence-electron chi connectivity index (χ0n) is 10.6. The van der Waals surface area contributed by atoms with Gasteiger partial charge in [0.25, 0.3) is 5.69 Å². The highest BCUT2D eigenvalue weighted by Crippen LogP contribution is 2.39. The van der Waals surface area contributed by atoms with Crippen molar-refractivity contribution < 1.29 is 19.3 Å². The first-order valence-electron chi connectivity index (χ1n) is 5.14. The zero-order valence-corrected chi connectivity index (χ0v) is 10.6. The van der Waals surface area contributed by atoms with Crippen molar-refractivity contribution in [2.45, 2.75) is 6.92 Å². The Morgan fingerprint density at radius 3 is 2.26 bits per heavy atom. The Labute approximate surface area is 108 Å². The van der Waals surface area contributed by atoms with Crippen molar-refractivity contribution >= 4 is 11.8 Å². The molecule has 0 bridgehead atoms. The summed E-state index contributed by atoms with van der Waals surface area (Å²) in [6.07, 6.45) is 1.71. The minimum Gasteiger partial charge on any atom is -0.493 e. The second-order valence-corrected chi connectivity index (χ2v) is 3.53. The minimum atomic E-state index is -0.695. The molecule has 0 saturated heterocycles. The average molecular weight is 268 g/mol. The van der Waals surface area contributed by atoms with E-state index in [1.54, 1.807) is 6.92 Å². The lowest BCUT2D eigenvalue weighted by atomic mass is 10.0. The van der Waals surface area contributed by atoms with E-state index < -0.39 is 9.85 Å². The van der Waals surface area contributed by atoms with Crippen LogP contribution in [0.5, 0.6) is 11.5 Å². The molecular formula is C11H12N2O6. The summed E-state index contributed by atoms with van der Waals surface area (Å²) >= 11 is 0. The number of rotatable bonds is 5. The van der Waals surface area contributed by atoms with E-state index >= 15 is 0 Å². The van der Waals surface area contributed by atoms with E-state index in [1.807, 2.05) is 0 Å². The Balaban J connectivity index is 3.57. The quantitative estimate of drug-likeness (QED) is 0.598. The molecule has 1 aromatic carbocycles. The van der Waals surface area contributed by atoms with Crippen LogP contribution in [0.2, 0.25) is 0 Å². The van der Waals surface area contributed by atoms with E-state index in [-0.39, 0.29) is 17.0 Å². The van der Waals surface area contributed by atoms with Crippen molar-refractivity contribution in [3.8, 4) is 11.5 Å². The summed E-state index contributed by atoms with van der Waals surface area (Å²) in [5, 5.41) is 21.3. The van der Waals surface area contributed by atoms with E-state index in [0.29, 0.717) is 17.5 Å². The Kier molecular flexibility index (Phi) is 4.41. The van der Waals surface area contributed by atoms with Crippen LogP contribution in [0.4, 0.5) is 5.69 Å². The van der Waals surface area contributed by atoms with Gasteiger partial charge in [-0.1, -0.05) is 0 Å². The summed E-state index contributed by atoms with van der Waals surface area (Å²) in [5.74, 6) is 0.501. The van der Waals surface area contributed by atoms with Gasteiger partial charge in [-0.05, 0) is 6.92 Å². The van der Waals surface area contributed by atoms with Crippen LogP contribution in [0.3, 0.4) is 0 Å². The SMILES string of the molecule is COc1cc([N+](=O)[O-])c(C=C[N+](=O)[O-])c(C)c1OC. The molecule has 0 N–H and O–H groups in total. The van der Waals surface area contributed by atoms with Gasteiger partial charge in [-0.15, -0.1) is 0 Å². The van der Waals surface area contributed by atoms with Gasteiger partial charge in [0.05, 0.1) is 35.7 Å². The molecule has 0 spiro atoms. The first-order valence-corrected chi connectivity index (χ1v) is 5.14. The maximum absolute atomic E-state index is 11.0. The third-order valence-electron chi connectivity index (χ3n) is 2.50. The molecule has 8 heteroatoms. The minimum absolute atomic E-state index is 0.111. The molecule has 0 aliphatic heterocycles. The monoisotopic (exact) mass is 268 g/mol. The van der Waals surface area contributed by atoms with Crippen molar-refractivity contribution in [2.24, 2.45) is 0 Å². The topological polar surface area (TPSA) is 105 Å². The molecule has 0 unspecified atom stereocenters. The molecule has 0 fully saturated rings. The number of ether oxygens (including phenoxy) is 2. The van der Waals surface area contributed by atoms with Gasteiger partial charge in [-0.25, -0.2) is 0 Å². The Bertz CT molecular complexity index is 553. The first-order chi connectivity index (χ1) is 8.92. The van der Waals surface area contributed by atoms with Crippen LogP contribution >= 0.6 is 0 Å². The highest BCUT2D eigenvalue weighted by atomic mass is 16.6. The fraction of sp³-hybridized carbons (Fsp3) is 0.273. The molecule has 0 aromatic heterocycles. The molecule has 0 amide bonds. The molecule has 0 radical (unpaired) electrons. The lowest BCUT2D eigenvalue weighted by Gasteiger charge is -2.12. The number of methoxy groups -OCH3 is 2. The second-order valence-electron chi connectivity index (χ2n) is 3.53. The Morgan fingerprint density at radius 2 is 1.84 bits per heavy atom. The van der Waals surface area contributed by atoms with Crippen molar-refractivity contribution in [1.29, 1.82) is 0 Å². The summed E-state index contributed by atoms with van der Waals surface area (Å²) in [5.41, 5.74) is 0.222. The third kappa shape index (κ3) is 2.97. The lowest BCUT2D eigenvalue weighted by Crippen LogP contribution is -2.00. The van der Waals surface area contributed by atoms with Gasteiger partial charge in [0.1, 0.15) is 0 Å². The Morgan fingerprint density at radius 1 is 1.21 bits per heavy atom. The van der Waals surface area contributed by atoms with Crippen LogP contribution in [-0.4, -0.2) is 24.1 Å². The van der Waals surface area contributed by atoms with Crippen LogP contribution < -0.4 is 9.47 Å². The molecule has 0 aliphatic carbocycles. The van der Waals surface area contributed by atoms with E-state index in [1.165, 1.54) is 20.3 Å². The van der Waals surface area contributed by atoms with Crippen molar-refractivity contribution in [1.82, 2.24) is 0 Å². The predicted octanol–water partition coefficient (Wildman–Crippen LogP) is 2.17. The van der Waals surface area contributed by atoms with Crippen molar-refractivity contribution in [3.63, 3.8) is 0 Å². The molecular weight excluding hydrogens is 256 g/mol. The number of hydrogen-bond acceptors (Lipinski definition) is 6. The third-order valence-corrected chi connectivity index (χ3v) is 2.50. The maximum Gasteiger partial charge on any atom is 0.281 e. The highest BCUT2D eigenvalue weighted by molar-refractivity contribution is 5.70. The number of benzene rings is 1. The molecule has 0 aliphatic rings. The molecule has 8 nitrogen and oxygen atoms in total. The van der Waals surface area contributed by atoms with Gasteiger partial charge in [-0.3, -0.25) is 20.2 Å². The number of hydrogen-bond donors (Lipinski definition) is 0. The number of nitro groups is 2. The van der Waals surface area contributed by atoms with Crippen LogP contribution in [-0.2, 0) is 0 Å². The summed E-state index contributed by atoms with van der Waals surface area (Å²) < 4.78 is 10.1. The zero-order chi connectivity index (χ0) is 14.6. The molecule has 19 heavy (non-hydrogen) atoms. The molecule has 0 atom stereocenters. The van der Waals surface area contributed by atoms with E-state index in [9.17, 15) is 20.2 Å². The average Bonchev–Trinajstić information content (AvgIpc) is 2.35. The molecule has 1 rings (SSSR count). The van der Waals surface area contributed by atoms with Crippen molar-refractivity contribution in [3.05, 3.63) is 43.6 Å². The van der Waals surface area contributed by atoms with Crippen LogP contribution in [0.1, 0.15) is 11.1 Å². The van der Waals surface area contributed by atoms with E-state index in [0.717, 1.165) is 6.08 Å². The fourth-order valence-electron chi connectivity index (χ4n) is 1.67. The van der Waals surface area contributed by atoms with E-state index in [2.05, 4.69) is 0 Å². The van der Waals surface area contributed by atoms with Gasteiger partial charge in [0.15, 0.2) is 11.5 Å². The molecule has 0 heterocycles. The summed E-state index contributed by atoms with van der Waals surface area (Å²) in [6.45, 7) is 1.56. The van der Waals surface area contributed by atoms with Gasteiger partial charge >= 0.3 is 0 Å². The normalized spacial score (nSPS) is 10.5. The van der Waals surface area contributed by atoms with Gasteiger partial charge < -0.3 is 9.47 Å². The fourth-order valence-corrected chi connectivity index (χ4v) is 1.67. The molecule has 0 saturated carbocycles. The number of nitro benzene ring substituents is 1. The van der Waals surface area contributed by atoms with Gasteiger partial charge in [0.2, 0.25) is 6.20 Å². The maximum atomic E-state index is 11.0. The largest absolute Gasteiger partial charge is 0.493 e. The highest BCUT2D eigenvalue weighted by Gasteiger charge is 2.22. The van der Waals surface area contributed by atoms with Gasteiger partial charge in [0, 0.05) is 11.6 Å². The smallest absolute Gasteiger partial charge is 0.281 e. The Hall–Kier alpha value is -2.64. The molecule has 1 aromatic rings. The molecule has 102 valence electrons. The first kappa shape index (κ1) is 14.4. The predicted molar refractivity (Wildman–Crippen MR) is 67.0 cm³/mol. The summed E-state index contributed by atoms with van der Waals surface area (Å²) in [6, 6.07) is 1.17. The van der Waals surface area contributed by atoms with Crippen LogP contribution in [0.25, 0.3) is 6.08 Å². The second kappa shape index (κ2) is 5.80. The van der Waals surface area contributed by atoms with E-state index in [4.69, 9.17) is 9.47 Å². The van der Waals surface area contributed by atoms with Crippen LogP contribution in [0.15, 0.2) is 12.3 Å².